The molecule has 8 heteroatoms. The first-order chi connectivity index (χ1) is 8.88. The lowest BCUT2D eigenvalue weighted by Crippen LogP contribution is -2.13. The van der Waals surface area contributed by atoms with Gasteiger partial charge in [0.05, 0.1) is 10.7 Å². The van der Waals surface area contributed by atoms with Crippen LogP contribution in [0.2, 0.25) is 10.2 Å². The van der Waals surface area contributed by atoms with Crippen molar-refractivity contribution in [2.75, 3.05) is 4.72 Å². The Morgan fingerprint density at radius 2 is 1.89 bits per heavy atom. The van der Waals surface area contributed by atoms with Crippen molar-refractivity contribution in [2.24, 2.45) is 0 Å². The largest absolute Gasteiger partial charge is 0.279 e. The Hall–Kier alpha value is -1.37. The molecule has 19 heavy (non-hydrogen) atoms. The van der Waals surface area contributed by atoms with E-state index in [1.807, 2.05) is 0 Å². The summed E-state index contributed by atoms with van der Waals surface area (Å²) < 4.78 is 39.3. The topological polar surface area (TPSA) is 59.1 Å². The molecule has 0 atom stereocenters. The van der Waals surface area contributed by atoms with E-state index in [9.17, 15) is 12.8 Å². The number of aromatic nitrogens is 1. The highest BCUT2D eigenvalue weighted by Crippen LogP contribution is 2.24. The van der Waals surface area contributed by atoms with Gasteiger partial charge in [0.15, 0.2) is 0 Å². The van der Waals surface area contributed by atoms with Crippen molar-refractivity contribution in [1.29, 1.82) is 0 Å². The molecule has 100 valence electrons. The molecule has 2 rings (SSSR count). The zero-order chi connectivity index (χ0) is 14.0. The monoisotopic (exact) mass is 320 g/mol. The molecular formula is C11H7Cl2FN2O2S. The van der Waals surface area contributed by atoms with Gasteiger partial charge in [-0.1, -0.05) is 23.2 Å². The number of nitrogens with one attached hydrogen (secondary N) is 1. The van der Waals surface area contributed by atoms with E-state index in [-0.39, 0.29) is 20.8 Å². The Balaban J connectivity index is 2.38. The van der Waals surface area contributed by atoms with Crippen LogP contribution in [0, 0.1) is 5.82 Å². The van der Waals surface area contributed by atoms with E-state index in [1.165, 1.54) is 18.3 Å². The van der Waals surface area contributed by atoms with Crippen molar-refractivity contribution in [3.8, 4) is 0 Å². The molecule has 0 aliphatic rings. The molecule has 0 saturated heterocycles. The second-order valence-electron chi connectivity index (χ2n) is 3.55. The summed E-state index contributed by atoms with van der Waals surface area (Å²) in [6.45, 7) is 0. The molecule has 0 unspecified atom stereocenters. The minimum atomic E-state index is -3.91. The number of halogens is 3. The number of nitrogens with zero attached hydrogens (tertiary/aromatic N) is 1. The van der Waals surface area contributed by atoms with Gasteiger partial charge >= 0.3 is 0 Å². The Bertz CT molecular complexity index is 722. The summed E-state index contributed by atoms with van der Waals surface area (Å²) in [6, 6.07) is 5.80. The number of sulfonamides is 1. The number of hydrogen-bond acceptors (Lipinski definition) is 3. The highest BCUT2D eigenvalue weighted by molar-refractivity contribution is 7.92. The van der Waals surface area contributed by atoms with Crippen LogP contribution in [-0.2, 0) is 10.0 Å². The molecule has 0 amide bonds. The maximum Gasteiger partial charge on any atom is 0.263 e. The molecular weight excluding hydrogens is 314 g/mol. The van der Waals surface area contributed by atoms with Gasteiger partial charge in [0.2, 0.25) is 0 Å². The molecule has 1 N–H and O–H groups in total. The standard InChI is InChI=1S/C11H7Cl2FN2O2S/c12-9-5-7(14)1-2-10(9)19(17,18)16-8-3-4-15-11(13)6-8/h1-6H,(H,15,16). The maximum absolute atomic E-state index is 12.9. The summed E-state index contributed by atoms with van der Waals surface area (Å²) in [5.74, 6) is -0.615. The van der Waals surface area contributed by atoms with Gasteiger partial charge in [-0.25, -0.2) is 17.8 Å². The molecule has 0 aliphatic heterocycles. The molecule has 0 fully saturated rings. The molecule has 0 bridgehead atoms. The summed E-state index contributed by atoms with van der Waals surface area (Å²) in [5, 5.41) is -0.0574. The molecule has 0 saturated carbocycles. The SMILES string of the molecule is O=S(=O)(Nc1ccnc(Cl)c1)c1ccc(F)cc1Cl. The van der Waals surface area contributed by atoms with E-state index in [2.05, 4.69) is 9.71 Å². The number of benzene rings is 1. The molecule has 1 aromatic carbocycles. The van der Waals surface area contributed by atoms with Gasteiger partial charge < -0.3 is 0 Å². The highest BCUT2D eigenvalue weighted by Gasteiger charge is 2.18. The number of pyridine rings is 1. The average molecular weight is 321 g/mol. The molecule has 4 nitrogen and oxygen atoms in total. The van der Waals surface area contributed by atoms with Crippen molar-refractivity contribution in [3.63, 3.8) is 0 Å². The van der Waals surface area contributed by atoms with Crippen LogP contribution in [0.5, 0.6) is 0 Å². The van der Waals surface area contributed by atoms with Gasteiger partial charge in [0.1, 0.15) is 15.9 Å². The third-order valence-electron chi connectivity index (χ3n) is 2.16. The maximum atomic E-state index is 12.9. The van der Waals surface area contributed by atoms with Crippen LogP contribution in [0.1, 0.15) is 0 Å². The normalized spacial score (nSPS) is 11.3. The van der Waals surface area contributed by atoms with Crippen LogP contribution >= 0.6 is 23.2 Å². The van der Waals surface area contributed by atoms with Crippen LogP contribution in [-0.4, -0.2) is 13.4 Å². The van der Waals surface area contributed by atoms with Gasteiger partial charge in [0.25, 0.3) is 10.0 Å². The molecule has 1 heterocycles. The van der Waals surface area contributed by atoms with Crippen molar-refractivity contribution in [2.45, 2.75) is 4.90 Å². The van der Waals surface area contributed by atoms with E-state index in [0.717, 1.165) is 18.2 Å². The zero-order valence-electron chi connectivity index (χ0n) is 9.27. The van der Waals surface area contributed by atoms with E-state index in [1.54, 1.807) is 0 Å². The smallest absolute Gasteiger partial charge is 0.263 e. The number of rotatable bonds is 3. The van der Waals surface area contributed by atoms with E-state index in [4.69, 9.17) is 23.2 Å². The minimum Gasteiger partial charge on any atom is -0.279 e. The summed E-state index contributed by atoms with van der Waals surface area (Å²) >= 11 is 11.4. The van der Waals surface area contributed by atoms with E-state index < -0.39 is 15.8 Å². The van der Waals surface area contributed by atoms with Gasteiger partial charge in [0, 0.05) is 6.20 Å². The number of anilines is 1. The van der Waals surface area contributed by atoms with Gasteiger partial charge in [-0.3, -0.25) is 4.72 Å². The fraction of sp³-hybridized carbons (Fsp3) is 0. The van der Waals surface area contributed by atoms with Gasteiger partial charge in [-0.05, 0) is 30.3 Å². The first-order valence-corrected chi connectivity index (χ1v) is 7.22. The molecule has 0 spiro atoms. The first kappa shape index (κ1) is 14.0. The number of hydrogen-bond donors (Lipinski definition) is 1. The molecule has 0 aliphatic carbocycles. The average Bonchev–Trinajstić information content (AvgIpc) is 2.27. The van der Waals surface area contributed by atoms with Gasteiger partial charge in [-0.15, -0.1) is 0 Å². The van der Waals surface area contributed by atoms with Crippen LogP contribution < -0.4 is 4.72 Å². The minimum absolute atomic E-state index is 0.144. The third-order valence-corrected chi connectivity index (χ3v) is 4.23. The van der Waals surface area contributed by atoms with Crippen LogP contribution in [0.4, 0.5) is 10.1 Å². The second kappa shape index (κ2) is 5.32. The fourth-order valence-electron chi connectivity index (χ4n) is 1.37. The van der Waals surface area contributed by atoms with Crippen LogP contribution in [0.25, 0.3) is 0 Å². The summed E-state index contributed by atoms with van der Waals surface area (Å²) in [7, 11) is -3.91. The Morgan fingerprint density at radius 1 is 1.16 bits per heavy atom. The van der Waals surface area contributed by atoms with Crippen molar-refractivity contribution < 1.29 is 12.8 Å². The predicted octanol–water partition coefficient (Wildman–Crippen LogP) is 3.33. The van der Waals surface area contributed by atoms with Crippen molar-refractivity contribution in [1.82, 2.24) is 4.98 Å². The Kier molecular flexibility index (Phi) is 3.93. The van der Waals surface area contributed by atoms with Crippen LogP contribution in [0.15, 0.2) is 41.4 Å². The molecule has 2 aromatic rings. The first-order valence-electron chi connectivity index (χ1n) is 4.98. The lowest BCUT2D eigenvalue weighted by Gasteiger charge is -2.09. The lowest BCUT2D eigenvalue weighted by molar-refractivity contribution is 0.600. The summed E-state index contributed by atoms with van der Waals surface area (Å²) in [4.78, 5) is 3.51. The second-order valence-corrected chi connectivity index (χ2v) is 5.99. The summed E-state index contributed by atoms with van der Waals surface area (Å²) in [5.41, 5.74) is 0.236. The third kappa shape index (κ3) is 3.34. The summed E-state index contributed by atoms with van der Waals surface area (Å²) in [6.07, 6.45) is 1.35. The predicted molar refractivity (Wildman–Crippen MR) is 71.5 cm³/mol. The quantitative estimate of drug-likeness (QED) is 0.882. The van der Waals surface area contributed by atoms with Gasteiger partial charge in [-0.2, -0.15) is 0 Å². The Morgan fingerprint density at radius 3 is 2.53 bits per heavy atom. The van der Waals surface area contributed by atoms with E-state index >= 15 is 0 Å². The Labute approximate surface area is 119 Å². The highest BCUT2D eigenvalue weighted by atomic mass is 35.5. The van der Waals surface area contributed by atoms with Crippen molar-refractivity contribution >= 4 is 38.9 Å². The zero-order valence-corrected chi connectivity index (χ0v) is 11.6. The van der Waals surface area contributed by atoms with Crippen molar-refractivity contribution in [3.05, 3.63) is 52.5 Å². The van der Waals surface area contributed by atoms with Crippen LogP contribution in [0.3, 0.4) is 0 Å². The fourth-order valence-corrected chi connectivity index (χ4v) is 3.13. The van der Waals surface area contributed by atoms with E-state index in [0.29, 0.717) is 0 Å². The molecule has 0 radical (unpaired) electrons. The molecule has 1 aromatic heterocycles. The lowest BCUT2D eigenvalue weighted by atomic mass is 10.3.